The van der Waals surface area contributed by atoms with Crippen molar-refractivity contribution in [2.24, 2.45) is 0 Å². The number of pyridine rings is 1. The van der Waals surface area contributed by atoms with E-state index in [1.807, 2.05) is 31.2 Å². The van der Waals surface area contributed by atoms with Crippen LogP contribution >= 0.6 is 0 Å². The largest absolute Gasteiger partial charge is 0.512 e. The van der Waals surface area contributed by atoms with E-state index in [0.717, 1.165) is 24.0 Å². The van der Waals surface area contributed by atoms with Gasteiger partial charge in [0.2, 0.25) is 0 Å². The van der Waals surface area contributed by atoms with Crippen molar-refractivity contribution in [2.75, 3.05) is 4.72 Å². The number of sulfonamides is 1. The highest BCUT2D eigenvalue weighted by Crippen LogP contribution is 2.57. The summed E-state index contributed by atoms with van der Waals surface area (Å²) in [7, 11) is -3.87. The van der Waals surface area contributed by atoms with E-state index in [2.05, 4.69) is 21.8 Å². The van der Waals surface area contributed by atoms with Crippen molar-refractivity contribution in [3.63, 3.8) is 0 Å². The van der Waals surface area contributed by atoms with E-state index >= 15 is 0 Å². The molecule has 0 spiro atoms. The highest BCUT2D eigenvalue weighted by atomic mass is 32.2. The number of esters is 1. The average Bonchev–Trinajstić information content (AvgIpc) is 3.70. The molecule has 1 saturated carbocycles. The summed E-state index contributed by atoms with van der Waals surface area (Å²) in [6.45, 7) is 2.05. The number of hydrogen-bond donors (Lipinski definition) is 2. The molecule has 1 aliphatic heterocycles. The van der Waals surface area contributed by atoms with Gasteiger partial charge in [0.15, 0.2) is 5.03 Å². The zero-order valence-electron chi connectivity index (χ0n) is 21.4. The second-order valence-corrected chi connectivity index (χ2v) is 11.9. The first-order chi connectivity index (χ1) is 18.3. The standard InChI is InChI=1S/C30H32N2O5S/c1-2-15-29(16-14-22-9-4-3-5-10-22)21-25(33)27(28(34)37-29)30(17-18-30)23-11-8-12-24(20-23)32-38(35,36)26-13-6-7-19-31-26/h3-13,19-20,32-33H,2,14-18,21H2,1H3. The Labute approximate surface area is 223 Å². The molecular formula is C30H32N2O5S. The molecule has 0 amide bonds. The molecule has 8 heteroatoms. The van der Waals surface area contributed by atoms with Crippen LogP contribution < -0.4 is 4.72 Å². The van der Waals surface area contributed by atoms with E-state index in [9.17, 15) is 18.3 Å². The summed E-state index contributed by atoms with van der Waals surface area (Å²) < 4.78 is 34.3. The van der Waals surface area contributed by atoms with E-state index in [0.29, 0.717) is 36.9 Å². The maximum Gasteiger partial charge on any atom is 0.338 e. The number of nitrogens with one attached hydrogen (secondary N) is 1. The number of rotatable bonds is 10. The number of nitrogens with zero attached hydrogens (tertiary/aromatic N) is 1. The highest BCUT2D eigenvalue weighted by molar-refractivity contribution is 7.92. The summed E-state index contributed by atoms with van der Waals surface area (Å²) in [5, 5.41) is 11.2. The van der Waals surface area contributed by atoms with Gasteiger partial charge in [0.05, 0.1) is 5.57 Å². The molecule has 5 rings (SSSR count). The first kappa shape index (κ1) is 26.0. The molecule has 1 unspecified atom stereocenters. The SMILES string of the molecule is CCCC1(CCc2ccccc2)CC(O)=C(C2(c3cccc(NS(=O)(=O)c4ccccn4)c3)CC2)C(=O)O1. The number of carbonyl (C=O) groups is 1. The molecule has 1 fully saturated rings. The Balaban J connectivity index is 1.40. The van der Waals surface area contributed by atoms with E-state index < -0.39 is 27.0 Å². The Morgan fingerprint density at radius 2 is 1.76 bits per heavy atom. The number of carbonyl (C=O) groups excluding carboxylic acids is 1. The number of aryl methyl sites for hydroxylation is 1. The van der Waals surface area contributed by atoms with Crippen LogP contribution in [0.4, 0.5) is 5.69 Å². The van der Waals surface area contributed by atoms with Crippen LogP contribution in [0.3, 0.4) is 0 Å². The summed E-state index contributed by atoms with van der Waals surface area (Å²) in [5.41, 5.74) is 1.17. The van der Waals surface area contributed by atoms with Crippen LogP contribution in [0.15, 0.2) is 95.4 Å². The molecule has 2 N–H and O–H groups in total. The maximum absolute atomic E-state index is 13.5. The number of hydrogen-bond acceptors (Lipinski definition) is 6. The predicted molar refractivity (Wildman–Crippen MR) is 145 cm³/mol. The fourth-order valence-corrected chi connectivity index (χ4v) is 6.54. The molecule has 0 bridgehead atoms. The van der Waals surface area contributed by atoms with Gasteiger partial charge in [-0.15, -0.1) is 0 Å². The van der Waals surface area contributed by atoms with E-state index in [-0.39, 0.29) is 17.2 Å². The molecule has 38 heavy (non-hydrogen) atoms. The van der Waals surface area contributed by atoms with Crippen molar-refractivity contribution in [2.45, 2.75) is 67.9 Å². The number of aromatic nitrogens is 1. The van der Waals surface area contributed by atoms with Gasteiger partial charge in [-0.3, -0.25) is 4.72 Å². The van der Waals surface area contributed by atoms with Crippen molar-refractivity contribution in [3.05, 3.63) is 101 Å². The summed E-state index contributed by atoms with van der Waals surface area (Å²) in [5.74, 6) is -0.396. The average molecular weight is 533 g/mol. The van der Waals surface area contributed by atoms with E-state index in [4.69, 9.17) is 4.74 Å². The quantitative estimate of drug-likeness (QED) is 0.318. The summed E-state index contributed by atoms with van der Waals surface area (Å²) >= 11 is 0. The summed E-state index contributed by atoms with van der Waals surface area (Å²) in [6.07, 6.45) is 5.92. The molecule has 2 aromatic carbocycles. The number of ether oxygens (including phenoxy) is 1. The van der Waals surface area contributed by atoms with Gasteiger partial charge in [-0.25, -0.2) is 9.78 Å². The molecule has 1 aliphatic carbocycles. The van der Waals surface area contributed by atoms with Crippen LogP contribution in [0, 0.1) is 0 Å². The number of benzene rings is 2. The smallest absolute Gasteiger partial charge is 0.338 e. The fourth-order valence-electron chi connectivity index (χ4n) is 5.54. The van der Waals surface area contributed by atoms with Gasteiger partial charge >= 0.3 is 5.97 Å². The van der Waals surface area contributed by atoms with Crippen LogP contribution in [0.1, 0.15) is 56.6 Å². The number of anilines is 1. The zero-order valence-corrected chi connectivity index (χ0v) is 22.2. The zero-order chi connectivity index (χ0) is 26.8. The van der Waals surface area contributed by atoms with Gasteiger partial charge in [-0.05, 0) is 67.5 Å². The molecule has 1 atom stereocenters. The van der Waals surface area contributed by atoms with Gasteiger partial charge in [-0.1, -0.05) is 61.9 Å². The molecule has 2 aliphatic rings. The number of aliphatic hydroxyl groups is 1. The van der Waals surface area contributed by atoms with Crippen LogP contribution in [-0.4, -0.2) is 30.1 Å². The van der Waals surface area contributed by atoms with Gasteiger partial charge in [0.25, 0.3) is 10.0 Å². The van der Waals surface area contributed by atoms with Crippen molar-refractivity contribution < 1.29 is 23.1 Å². The minimum Gasteiger partial charge on any atom is -0.512 e. The predicted octanol–water partition coefficient (Wildman–Crippen LogP) is 5.84. The van der Waals surface area contributed by atoms with Gasteiger partial charge < -0.3 is 9.84 Å². The number of cyclic esters (lactones) is 1. The Hall–Kier alpha value is -3.65. The van der Waals surface area contributed by atoms with Gasteiger partial charge in [0, 0.05) is 23.7 Å². The van der Waals surface area contributed by atoms with Crippen molar-refractivity contribution in [1.82, 2.24) is 4.98 Å². The molecule has 3 aromatic rings. The number of aliphatic hydroxyl groups excluding tert-OH is 1. The van der Waals surface area contributed by atoms with Crippen LogP contribution in [0.2, 0.25) is 0 Å². The Kier molecular flexibility index (Phi) is 7.01. The molecule has 2 heterocycles. The van der Waals surface area contributed by atoms with E-state index in [1.165, 1.54) is 12.3 Å². The fraction of sp³-hybridized carbons (Fsp3) is 0.333. The normalized spacial score (nSPS) is 20.6. The Morgan fingerprint density at radius 1 is 1.00 bits per heavy atom. The third kappa shape index (κ3) is 5.18. The molecule has 0 radical (unpaired) electrons. The van der Waals surface area contributed by atoms with E-state index in [1.54, 1.807) is 30.3 Å². The Bertz CT molecular complexity index is 1450. The van der Waals surface area contributed by atoms with Gasteiger partial charge in [0.1, 0.15) is 11.4 Å². The lowest BCUT2D eigenvalue weighted by atomic mass is 9.79. The first-order valence-electron chi connectivity index (χ1n) is 13.0. The van der Waals surface area contributed by atoms with Crippen molar-refractivity contribution in [3.8, 4) is 0 Å². The molecular weight excluding hydrogens is 500 g/mol. The maximum atomic E-state index is 13.5. The second kappa shape index (κ2) is 10.3. The minimum atomic E-state index is -3.87. The summed E-state index contributed by atoms with van der Waals surface area (Å²) in [4.78, 5) is 17.4. The van der Waals surface area contributed by atoms with Crippen molar-refractivity contribution in [1.29, 1.82) is 0 Å². The summed E-state index contributed by atoms with van der Waals surface area (Å²) in [6, 6.07) is 21.7. The molecule has 198 valence electrons. The topological polar surface area (TPSA) is 106 Å². The third-order valence-electron chi connectivity index (χ3n) is 7.52. The lowest BCUT2D eigenvalue weighted by Crippen LogP contribution is -2.42. The first-order valence-corrected chi connectivity index (χ1v) is 14.5. The lowest BCUT2D eigenvalue weighted by Gasteiger charge is -2.39. The second-order valence-electron chi connectivity index (χ2n) is 10.2. The monoisotopic (exact) mass is 532 g/mol. The molecule has 7 nitrogen and oxygen atoms in total. The van der Waals surface area contributed by atoms with Crippen LogP contribution in [0.25, 0.3) is 0 Å². The van der Waals surface area contributed by atoms with Crippen molar-refractivity contribution >= 4 is 21.7 Å². The lowest BCUT2D eigenvalue weighted by molar-refractivity contribution is -0.161. The van der Waals surface area contributed by atoms with Gasteiger partial charge in [-0.2, -0.15) is 8.42 Å². The third-order valence-corrected chi connectivity index (χ3v) is 8.81. The Morgan fingerprint density at radius 3 is 2.42 bits per heavy atom. The molecule has 1 aromatic heterocycles. The van der Waals surface area contributed by atoms with Crippen LogP contribution in [-0.2, 0) is 31.4 Å². The van der Waals surface area contributed by atoms with Crippen LogP contribution in [0.5, 0.6) is 0 Å². The minimum absolute atomic E-state index is 0.0782. The highest BCUT2D eigenvalue weighted by Gasteiger charge is 2.56. The molecule has 0 saturated heterocycles.